The predicted octanol–water partition coefficient (Wildman–Crippen LogP) is 3.12. The van der Waals surface area contributed by atoms with Gasteiger partial charge in [-0.2, -0.15) is 5.10 Å². The van der Waals surface area contributed by atoms with Crippen LogP contribution in [0.5, 0.6) is 11.5 Å². The van der Waals surface area contributed by atoms with E-state index in [1.807, 2.05) is 13.0 Å². The van der Waals surface area contributed by atoms with Crippen molar-refractivity contribution in [3.63, 3.8) is 0 Å². The van der Waals surface area contributed by atoms with E-state index in [2.05, 4.69) is 15.5 Å². The number of carboxylic acids is 1. The molecule has 0 saturated heterocycles. The number of benzene rings is 1. The number of aliphatic carboxylic acids is 1. The molecule has 2 aromatic rings. The molecule has 0 spiro atoms. The van der Waals surface area contributed by atoms with Crippen LogP contribution in [0.4, 0.5) is 5.82 Å². The van der Waals surface area contributed by atoms with E-state index in [0.29, 0.717) is 35.0 Å². The first kappa shape index (κ1) is 16.9. The molecule has 1 aromatic heterocycles. The maximum atomic E-state index is 12.1. The Kier molecular flexibility index (Phi) is 4.65. The van der Waals surface area contributed by atoms with Gasteiger partial charge in [-0.15, -0.1) is 0 Å². The van der Waals surface area contributed by atoms with Gasteiger partial charge < -0.3 is 19.9 Å². The fourth-order valence-corrected chi connectivity index (χ4v) is 3.25. The molecule has 0 bridgehead atoms. The molecule has 0 radical (unpaired) electrons. The molecule has 1 unspecified atom stereocenters. The lowest BCUT2D eigenvalue weighted by molar-refractivity contribution is -0.133. The third-order valence-electron chi connectivity index (χ3n) is 4.35. The number of ether oxygens (including phenoxy) is 2. The summed E-state index contributed by atoms with van der Waals surface area (Å²) in [6, 6.07) is 5.39. The molecule has 0 amide bonds. The summed E-state index contributed by atoms with van der Waals surface area (Å²) in [5, 5.41) is 20.1. The number of H-pyrrole nitrogens is 1. The van der Waals surface area contributed by atoms with E-state index < -0.39 is 11.9 Å². The molecule has 25 heavy (non-hydrogen) atoms. The predicted molar refractivity (Wildman–Crippen MR) is 93.2 cm³/mol. The monoisotopic (exact) mass is 343 g/mol. The highest BCUT2D eigenvalue weighted by molar-refractivity contribution is 5.93. The Morgan fingerprint density at radius 2 is 2.08 bits per heavy atom. The fraction of sp³-hybridized carbons (Fsp3) is 0.333. The first-order valence-corrected chi connectivity index (χ1v) is 8.09. The molecule has 2 heterocycles. The van der Waals surface area contributed by atoms with E-state index in [1.165, 1.54) is 0 Å². The van der Waals surface area contributed by atoms with Crippen LogP contribution in [0.2, 0.25) is 0 Å². The van der Waals surface area contributed by atoms with Crippen LogP contribution in [0.1, 0.15) is 36.8 Å². The number of fused-ring (bicyclic) bond motifs is 1. The minimum absolute atomic E-state index is 0.308. The second-order valence-electron chi connectivity index (χ2n) is 5.81. The number of carbonyl (C=O) groups is 1. The summed E-state index contributed by atoms with van der Waals surface area (Å²) in [4.78, 5) is 12.1. The van der Waals surface area contributed by atoms with Gasteiger partial charge in [0.25, 0.3) is 0 Å². The van der Waals surface area contributed by atoms with Crippen molar-refractivity contribution in [2.45, 2.75) is 25.7 Å². The Morgan fingerprint density at radius 1 is 1.28 bits per heavy atom. The highest BCUT2D eigenvalue weighted by atomic mass is 16.5. The number of carboxylic acid groups (broad SMARTS) is 1. The molecule has 3 N–H and O–H groups in total. The molecular formula is C18H21N3O4. The third kappa shape index (κ3) is 2.93. The number of methoxy groups -OCH3 is 2. The number of hydrogen-bond donors (Lipinski definition) is 3. The molecule has 0 fully saturated rings. The van der Waals surface area contributed by atoms with Crippen molar-refractivity contribution in [2.75, 3.05) is 19.5 Å². The molecule has 1 aromatic carbocycles. The average Bonchev–Trinajstić information content (AvgIpc) is 3.08. The van der Waals surface area contributed by atoms with Crippen molar-refractivity contribution in [3.05, 3.63) is 46.8 Å². The summed E-state index contributed by atoms with van der Waals surface area (Å²) in [6.45, 7) is 2.01. The lowest BCUT2D eigenvalue weighted by atomic mass is 9.81. The number of rotatable bonds is 6. The van der Waals surface area contributed by atoms with Gasteiger partial charge in [0.05, 0.1) is 31.9 Å². The van der Waals surface area contributed by atoms with Crippen LogP contribution in [-0.4, -0.2) is 35.5 Å². The van der Waals surface area contributed by atoms with Gasteiger partial charge >= 0.3 is 5.97 Å². The highest BCUT2D eigenvalue weighted by Gasteiger charge is 2.36. The van der Waals surface area contributed by atoms with Crippen LogP contribution in [-0.2, 0) is 4.79 Å². The fourth-order valence-electron chi connectivity index (χ4n) is 3.25. The molecule has 1 aliphatic heterocycles. The Balaban J connectivity index is 2.26. The van der Waals surface area contributed by atoms with Gasteiger partial charge in [0.1, 0.15) is 17.3 Å². The number of nitrogens with zero attached hydrogens (tertiary/aromatic N) is 1. The topological polar surface area (TPSA) is 96.5 Å². The number of anilines is 1. The second kappa shape index (κ2) is 6.88. The van der Waals surface area contributed by atoms with Crippen LogP contribution < -0.4 is 14.8 Å². The summed E-state index contributed by atoms with van der Waals surface area (Å²) in [7, 11) is 3.15. The zero-order chi connectivity index (χ0) is 18.0. The second-order valence-corrected chi connectivity index (χ2v) is 5.81. The number of allylic oxidation sites excluding steroid dienone is 1. The molecule has 1 atom stereocenters. The first-order valence-electron chi connectivity index (χ1n) is 8.09. The molecule has 7 heteroatoms. The molecule has 1 aliphatic rings. The van der Waals surface area contributed by atoms with Crippen LogP contribution >= 0.6 is 0 Å². The van der Waals surface area contributed by atoms with Gasteiger partial charge in [-0.3, -0.25) is 5.10 Å². The van der Waals surface area contributed by atoms with Crippen molar-refractivity contribution in [3.8, 4) is 11.5 Å². The quantitative estimate of drug-likeness (QED) is 0.746. The molecule has 132 valence electrons. The zero-order valence-corrected chi connectivity index (χ0v) is 14.4. The summed E-state index contributed by atoms with van der Waals surface area (Å²) in [5.41, 5.74) is 2.49. The number of nitrogens with one attached hydrogen (secondary N) is 2. The zero-order valence-electron chi connectivity index (χ0n) is 14.4. The van der Waals surface area contributed by atoms with Crippen molar-refractivity contribution >= 4 is 11.8 Å². The van der Waals surface area contributed by atoms with Crippen molar-refractivity contribution in [1.82, 2.24) is 10.2 Å². The largest absolute Gasteiger partial charge is 0.497 e. The Labute approximate surface area is 145 Å². The van der Waals surface area contributed by atoms with E-state index >= 15 is 0 Å². The number of aromatic amines is 1. The SMILES string of the molecule is CCCC1=C(C(=O)O)C(c2cc(OC)ccc2OC)c2cn[nH]c2N1. The van der Waals surface area contributed by atoms with Gasteiger partial charge in [0.15, 0.2) is 0 Å². The van der Waals surface area contributed by atoms with E-state index in [9.17, 15) is 9.90 Å². The first-order chi connectivity index (χ1) is 12.1. The van der Waals surface area contributed by atoms with Gasteiger partial charge in [-0.25, -0.2) is 4.79 Å². The maximum Gasteiger partial charge on any atom is 0.334 e. The average molecular weight is 343 g/mol. The molecule has 0 saturated carbocycles. The summed E-state index contributed by atoms with van der Waals surface area (Å²) in [6.07, 6.45) is 3.10. The third-order valence-corrected chi connectivity index (χ3v) is 4.35. The normalized spacial score (nSPS) is 16.2. The molecule has 0 aliphatic carbocycles. The van der Waals surface area contributed by atoms with E-state index in [-0.39, 0.29) is 0 Å². The van der Waals surface area contributed by atoms with Crippen LogP contribution in [0, 0.1) is 0 Å². The lowest BCUT2D eigenvalue weighted by Gasteiger charge is -2.28. The standard InChI is InChI=1S/C18H21N3O4/c1-4-5-13-16(18(22)23)15(12-9-19-21-17(12)20-13)11-8-10(24-2)6-7-14(11)25-3/h6-9,15H,4-5H2,1-3H3,(H,22,23)(H2,19,20,21). The van der Waals surface area contributed by atoms with E-state index in [1.54, 1.807) is 32.5 Å². The summed E-state index contributed by atoms with van der Waals surface area (Å²) >= 11 is 0. The number of hydrogen-bond acceptors (Lipinski definition) is 5. The Hall–Kier alpha value is -2.96. The molecular weight excluding hydrogens is 322 g/mol. The summed E-state index contributed by atoms with van der Waals surface area (Å²) < 4.78 is 10.8. The molecule has 3 rings (SSSR count). The molecule has 7 nitrogen and oxygen atoms in total. The number of aromatic nitrogens is 2. The van der Waals surface area contributed by atoms with Gasteiger partial charge in [-0.1, -0.05) is 13.3 Å². The highest BCUT2D eigenvalue weighted by Crippen LogP contribution is 2.45. The maximum absolute atomic E-state index is 12.1. The minimum Gasteiger partial charge on any atom is -0.497 e. The smallest absolute Gasteiger partial charge is 0.334 e. The lowest BCUT2D eigenvalue weighted by Crippen LogP contribution is -2.23. The van der Waals surface area contributed by atoms with Crippen LogP contribution in [0.25, 0.3) is 0 Å². The van der Waals surface area contributed by atoms with E-state index in [0.717, 1.165) is 17.5 Å². The van der Waals surface area contributed by atoms with Crippen LogP contribution in [0.3, 0.4) is 0 Å². The Morgan fingerprint density at radius 3 is 2.72 bits per heavy atom. The Bertz CT molecular complexity index is 825. The van der Waals surface area contributed by atoms with Gasteiger partial charge in [0.2, 0.25) is 0 Å². The summed E-state index contributed by atoms with van der Waals surface area (Å²) in [5.74, 6) is 0.496. The van der Waals surface area contributed by atoms with Crippen molar-refractivity contribution in [1.29, 1.82) is 0 Å². The van der Waals surface area contributed by atoms with Crippen molar-refractivity contribution < 1.29 is 19.4 Å². The van der Waals surface area contributed by atoms with Crippen LogP contribution in [0.15, 0.2) is 35.7 Å². The van der Waals surface area contributed by atoms with Crippen molar-refractivity contribution in [2.24, 2.45) is 0 Å². The van der Waals surface area contributed by atoms with Gasteiger partial charge in [-0.05, 0) is 24.6 Å². The minimum atomic E-state index is -0.960. The van der Waals surface area contributed by atoms with Gasteiger partial charge in [0, 0.05) is 16.8 Å². The van der Waals surface area contributed by atoms with E-state index in [4.69, 9.17) is 9.47 Å².